The summed E-state index contributed by atoms with van der Waals surface area (Å²) in [6.07, 6.45) is 9.10. The van der Waals surface area contributed by atoms with Crippen molar-refractivity contribution in [1.29, 1.82) is 0 Å². The number of carbonyl (C=O) groups excluding carboxylic acids is 1. The monoisotopic (exact) mass is 410 g/mol. The molecule has 0 saturated heterocycles. The fourth-order valence-electron chi connectivity index (χ4n) is 3.07. The van der Waals surface area contributed by atoms with Crippen molar-refractivity contribution in [2.24, 2.45) is 0 Å². The maximum Gasteiger partial charge on any atom is 0.256 e. The molecular weight excluding hydrogens is 388 g/mol. The molecule has 4 rings (SSSR count). The highest BCUT2D eigenvalue weighted by atomic mass is 16.1. The van der Waals surface area contributed by atoms with Gasteiger partial charge in [-0.05, 0) is 55.3 Å². The third kappa shape index (κ3) is 4.90. The van der Waals surface area contributed by atoms with Crippen molar-refractivity contribution < 1.29 is 4.79 Å². The van der Waals surface area contributed by atoms with E-state index in [-0.39, 0.29) is 11.9 Å². The highest BCUT2D eigenvalue weighted by Gasteiger charge is 2.13. The van der Waals surface area contributed by atoms with Crippen LogP contribution in [0.5, 0.6) is 0 Å². The zero-order valence-electron chi connectivity index (χ0n) is 17.3. The van der Waals surface area contributed by atoms with Gasteiger partial charge in [0.2, 0.25) is 0 Å². The van der Waals surface area contributed by atoms with Gasteiger partial charge in [-0.3, -0.25) is 9.78 Å². The van der Waals surface area contributed by atoms with Crippen molar-refractivity contribution >= 4 is 23.9 Å². The van der Waals surface area contributed by atoms with Gasteiger partial charge in [-0.1, -0.05) is 36.4 Å². The van der Waals surface area contributed by atoms with E-state index in [1.54, 1.807) is 30.9 Å². The Morgan fingerprint density at radius 1 is 1.03 bits per heavy atom. The first-order chi connectivity index (χ1) is 15.1. The highest BCUT2D eigenvalue weighted by Crippen LogP contribution is 2.20. The number of benzene rings is 1. The number of pyridine rings is 2. The zero-order valence-corrected chi connectivity index (χ0v) is 17.3. The first-order valence-electron chi connectivity index (χ1n) is 9.96. The number of hydrogen-bond acceptors (Lipinski definition) is 5. The van der Waals surface area contributed by atoms with Crippen molar-refractivity contribution in [1.82, 2.24) is 24.7 Å². The number of rotatable bonds is 6. The van der Waals surface area contributed by atoms with Gasteiger partial charge in [-0.25, -0.2) is 4.98 Å². The van der Waals surface area contributed by atoms with Gasteiger partial charge in [0, 0.05) is 24.0 Å². The van der Waals surface area contributed by atoms with Gasteiger partial charge < -0.3 is 9.88 Å². The van der Waals surface area contributed by atoms with Crippen molar-refractivity contribution in [3.05, 3.63) is 90.0 Å². The lowest BCUT2D eigenvalue weighted by atomic mass is 10.1. The second-order valence-electron chi connectivity index (χ2n) is 7.26. The Hall–Kier alpha value is -4.13. The van der Waals surface area contributed by atoms with E-state index < -0.39 is 0 Å². The molecule has 0 unspecified atom stereocenters. The molecule has 0 aliphatic heterocycles. The van der Waals surface area contributed by atoms with Gasteiger partial charge >= 0.3 is 0 Å². The number of anilines is 1. The summed E-state index contributed by atoms with van der Waals surface area (Å²) in [7, 11) is 0. The fourth-order valence-corrected chi connectivity index (χ4v) is 3.07. The quantitative estimate of drug-likeness (QED) is 0.496. The summed E-state index contributed by atoms with van der Waals surface area (Å²) >= 11 is 0. The fraction of sp³-hybridized carbons (Fsp3) is 0.125. The van der Waals surface area contributed by atoms with Gasteiger partial charge in [0.05, 0.1) is 0 Å². The van der Waals surface area contributed by atoms with E-state index in [1.807, 2.05) is 73.0 Å². The van der Waals surface area contributed by atoms with Crippen LogP contribution in [0, 0.1) is 0 Å². The van der Waals surface area contributed by atoms with Crippen LogP contribution in [0.4, 0.5) is 5.82 Å². The van der Waals surface area contributed by atoms with Crippen molar-refractivity contribution in [3.8, 4) is 11.5 Å². The summed E-state index contributed by atoms with van der Waals surface area (Å²) < 4.78 is 1.94. The van der Waals surface area contributed by atoms with E-state index in [1.165, 1.54) is 0 Å². The summed E-state index contributed by atoms with van der Waals surface area (Å²) in [6.45, 7) is 4.10. The largest absolute Gasteiger partial charge is 0.310 e. The van der Waals surface area contributed by atoms with Crippen LogP contribution in [0.1, 0.15) is 41.4 Å². The van der Waals surface area contributed by atoms with Crippen LogP contribution in [0.3, 0.4) is 0 Å². The molecule has 3 aromatic heterocycles. The molecule has 1 aromatic carbocycles. The van der Waals surface area contributed by atoms with Crippen LogP contribution in [-0.2, 0) is 0 Å². The molecule has 0 aliphatic carbocycles. The minimum absolute atomic E-state index is 0.201. The molecule has 0 spiro atoms. The number of carbonyl (C=O) groups is 1. The van der Waals surface area contributed by atoms with Crippen LogP contribution < -0.4 is 5.32 Å². The van der Waals surface area contributed by atoms with E-state index in [0.717, 1.165) is 11.1 Å². The standard InChI is InChI=1S/C24H22N6O/c1-17(2)30-16-26-29-23(30)21-9-4-10-22(27-21)28-24(31)20-8-3-6-18(14-20)11-12-19-7-5-13-25-15-19/h3-17H,1-2H3,(H,27,28,31). The Morgan fingerprint density at radius 2 is 1.84 bits per heavy atom. The Bertz CT molecular complexity index is 1210. The minimum atomic E-state index is -0.230. The number of amides is 1. The maximum absolute atomic E-state index is 12.8. The second-order valence-corrected chi connectivity index (χ2v) is 7.26. The van der Waals surface area contributed by atoms with Crippen molar-refractivity contribution in [2.45, 2.75) is 19.9 Å². The third-order valence-corrected chi connectivity index (χ3v) is 4.65. The lowest BCUT2D eigenvalue weighted by Crippen LogP contribution is -2.13. The molecule has 0 saturated carbocycles. The Morgan fingerprint density at radius 3 is 2.65 bits per heavy atom. The van der Waals surface area contributed by atoms with E-state index in [9.17, 15) is 4.79 Å². The number of aromatic nitrogens is 5. The molecule has 3 heterocycles. The summed E-state index contributed by atoms with van der Waals surface area (Å²) in [5.74, 6) is 0.886. The molecule has 0 bridgehead atoms. The average Bonchev–Trinajstić information content (AvgIpc) is 3.29. The topological polar surface area (TPSA) is 85.6 Å². The van der Waals surface area contributed by atoms with Crippen molar-refractivity contribution in [2.75, 3.05) is 5.32 Å². The first-order valence-corrected chi connectivity index (χ1v) is 9.96. The molecular formula is C24H22N6O. The van der Waals surface area contributed by atoms with Crippen LogP contribution >= 0.6 is 0 Å². The minimum Gasteiger partial charge on any atom is -0.310 e. The molecule has 4 aromatic rings. The first kappa shape index (κ1) is 20.2. The molecule has 1 N–H and O–H groups in total. The Kier molecular flexibility index (Phi) is 5.93. The summed E-state index contributed by atoms with van der Waals surface area (Å²) in [5, 5.41) is 11.0. The molecule has 7 nitrogen and oxygen atoms in total. The van der Waals surface area contributed by atoms with Crippen LogP contribution in [0.25, 0.3) is 23.7 Å². The van der Waals surface area contributed by atoms with E-state index >= 15 is 0 Å². The third-order valence-electron chi connectivity index (χ3n) is 4.65. The lowest BCUT2D eigenvalue weighted by molar-refractivity contribution is 0.102. The molecule has 0 radical (unpaired) electrons. The molecule has 154 valence electrons. The molecule has 1 amide bonds. The van der Waals surface area contributed by atoms with Gasteiger partial charge in [-0.2, -0.15) is 0 Å². The average molecular weight is 410 g/mol. The number of nitrogens with zero attached hydrogens (tertiary/aromatic N) is 5. The number of nitrogens with one attached hydrogen (secondary N) is 1. The Balaban J connectivity index is 1.51. The molecule has 0 atom stereocenters. The SMILES string of the molecule is CC(C)n1cnnc1-c1cccc(NC(=O)c2cccc(C=Cc3cccnc3)c2)n1. The van der Waals surface area contributed by atoms with Gasteiger partial charge in [0.25, 0.3) is 5.91 Å². The smallest absolute Gasteiger partial charge is 0.256 e. The molecule has 0 aliphatic rings. The van der Waals surface area contributed by atoms with Gasteiger partial charge in [0.1, 0.15) is 17.8 Å². The molecule has 7 heteroatoms. The second kappa shape index (κ2) is 9.13. The van der Waals surface area contributed by atoms with Crippen molar-refractivity contribution in [3.63, 3.8) is 0 Å². The van der Waals surface area contributed by atoms with Gasteiger partial charge in [0.15, 0.2) is 5.82 Å². The van der Waals surface area contributed by atoms with Crippen LogP contribution in [0.2, 0.25) is 0 Å². The van der Waals surface area contributed by atoms with Crippen LogP contribution in [0.15, 0.2) is 73.3 Å². The summed E-state index contributed by atoms with van der Waals surface area (Å²) in [5.41, 5.74) is 3.11. The highest BCUT2D eigenvalue weighted by molar-refractivity contribution is 6.04. The Labute approximate surface area is 180 Å². The predicted octanol–water partition coefficient (Wildman–Crippen LogP) is 4.74. The molecule has 31 heavy (non-hydrogen) atoms. The predicted molar refractivity (Wildman–Crippen MR) is 121 cm³/mol. The normalized spacial score (nSPS) is 11.2. The maximum atomic E-state index is 12.8. The van der Waals surface area contributed by atoms with E-state index in [2.05, 4.69) is 25.5 Å². The molecule has 0 fully saturated rings. The summed E-state index contributed by atoms with van der Waals surface area (Å²) in [4.78, 5) is 21.4. The zero-order chi connectivity index (χ0) is 21.6. The van der Waals surface area contributed by atoms with Crippen LogP contribution in [-0.4, -0.2) is 30.6 Å². The number of hydrogen-bond donors (Lipinski definition) is 1. The lowest BCUT2D eigenvalue weighted by Gasteiger charge is -2.10. The summed E-state index contributed by atoms with van der Waals surface area (Å²) in [6, 6.07) is 16.9. The van der Waals surface area contributed by atoms with E-state index in [0.29, 0.717) is 22.9 Å². The van der Waals surface area contributed by atoms with Gasteiger partial charge in [-0.15, -0.1) is 10.2 Å². The van der Waals surface area contributed by atoms with E-state index in [4.69, 9.17) is 0 Å².